The number of nitrogens with zero attached hydrogens (tertiary/aromatic N) is 2. The predicted molar refractivity (Wildman–Crippen MR) is 65.4 cm³/mol. The number of nitrogens with two attached hydrogens (primary N) is 1. The molecule has 1 aliphatic heterocycles. The standard InChI is InChI=1S/C9H13FN3O7P/c10-4-2-13(9(15)12-8(4)11)7-1-5(14)6(20-7)3-19-21(16,17)18/h2,5-7,14H,1,3H2,(H2,11,12,15)(H2,16,17,18)/t5-,6+,7+/m0/s1. The molecule has 118 valence electrons. The monoisotopic (exact) mass is 325 g/mol. The van der Waals surface area contributed by atoms with E-state index in [1.807, 2.05) is 0 Å². The number of anilines is 1. The number of phosphoric ester groups is 1. The Morgan fingerprint density at radius 1 is 1.62 bits per heavy atom. The lowest BCUT2D eigenvalue weighted by Crippen LogP contribution is -2.29. The number of phosphoric acid groups is 1. The van der Waals surface area contributed by atoms with Crippen LogP contribution in [-0.2, 0) is 13.8 Å². The fourth-order valence-electron chi connectivity index (χ4n) is 1.87. The number of halogens is 1. The van der Waals surface area contributed by atoms with Gasteiger partial charge in [0.15, 0.2) is 11.6 Å². The van der Waals surface area contributed by atoms with Crippen LogP contribution in [0.5, 0.6) is 0 Å². The molecule has 0 saturated carbocycles. The summed E-state index contributed by atoms with van der Waals surface area (Å²) in [4.78, 5) is 32.0. The van der Waals surface area contributed by atoms with E-state index in [1.165, 1.54) is 0 Å². The van der Waals surface area contributed by atoms with Crippen LogP contribution in [0.15, 0.2) is 11.0 Å². The number of aliphatic hydroxyl groups is 1. The van der Waals surface area contributed by atoms with Gasteiger partial charge >= 0.3 is 13.5 Å². The van der Waals surface area contributed by atoms with Crippen LogP contribution in [0.3, 0.4) is 0 Å². The molecule has 0 radical (unpaired) electrons. The maximum atomic E-state index is 13.3. The second-order valence-electron chi connectivity index (χ2n) is 4.38. The first-order valence-corrected chi connectivity index (χ1v) is 7.28. The van der Waals surface area contributed by atoms with Gasteiger partial charge in [-0.2, -0.15) is 4.98 Å². The summed E-state index contributed by atoms with van der Waals surface area (Å²) in [5.74, 6) is -1.49. The molecule has 2 rings (SSSR count). The Labute approximate surface area is 117 Å². The highest BCUT2D eigenvalue weighted by atomic mass is 31.2. The SMILES string of the molecule is Nc1nc(=O)n([C@H]2C[C@H](O)[C@@H](COP(=O)(O)O)O2)cc1F. The summed E-state index contributed by atoms with van der Waals surface area (Å²) in [5.41, 5.74) is 4.27. The molecule has 10 nitrogen and oxygen atoms in total. The molecule has 1 aliphatic rings. The fourth-order valence-corrected chi connectivity index (χ4v) is 2.21. The molecule has 0 amide bonds. The average Bonchev–Trinajstić information content (AvgIpc) is 2.72. The number of rotatable bonds is 4. The molecule has 1 saturated heterocycles. The quantitative estimate of drug-likeness (QED) is 0.495. The zero-order valence-corrected chi connectivity index (χ0v) is 11.4. The molecule has 1 aromatic rings. The van der Waals surface area contributed by atoms with Crippen LogP contribution in [0, 0.1) is 5.82 Å². The van der Waals surface area contributed by atoms with E-state index in [9.17, 15) is 18.9 Å². The number of ether oxygens (including phenoxy) is 1. The lowest BCUT2D eigenvalue weighted by molar-refractivity contribution is -0.0452. The Hall–Kier alpha value is -1.36. The average molecular weight is 325 g/mol. The second kappa shape index (κ2) is 5.79. The molecule has 21 heavy (non-hydrogen) atoms. The molecule has 2 heterocycles. The molecule has 5 N–H and O–H groups in total. The molecular formula is C9H13FN3O7P. The van der Waals surface area contributed by atoms with Gasteiger partial charge in [-0.25, -0.2) is 13.8 Å². The van der Waals surface area contributed by atoms with Crippen molar-refractivity contribution in [3.63, 3.8) is 0 Å². The first-order valence-electron chi connectivity index (χ1n) is 5.75. The van der Waals surface area contributed by atoms with Crippen molar-refractivity contribution in [1.29, 1.82) is 0 Å². The molecule has 0 spiro atoms. The molecular weight excluding hydrogens is 312 g/mol. The van der Waals surface area contributed by atoms with E-state index in [0.29, 0.717) is 0 Å². The minimum atomic E-state index is -4.71. The number of aliphatic hydroxyl groups excluding tert-OH is 1. The number of nitrogen functional groups attached to an aromatic ring is 1. The third-order valence-corrected chi connectivity index (χ3v) is 3.34. The zero-order chi connectivity index (χ0) is 15.8. The summed E-state index contributed by atoms with van der Waals surface area (Å²) < 4.78 is 34.2. The van der Waals surface area contributed by atoms with Gasteiger partial charge in [0.1, 0.15) is 12.3 Å². The Bertz CT molecular complexity index is 632. The summed E-state index contributed by atoms with van der Waals surface area (Å²) in [6.45, 7) is -0.582. The van der Waals surface area contributed by atoms with Crippen molar-refractivity contribution in [3.05, 3.63) is 22.5 Å². The van der Waals surface area contributed by atoms with Gasteiger partial charge in [-0.15, -0.1) is 0 Å². The van der Waals surface area contributed by atoms with E-state index in [1.54, 1.807) is 0 Å². The molecule has 1 aromatic heterocycles. The van der Waals surface area contributed by atoms with Gasteiger partial charge in [0.05, 0.1) is 18.9 Å². The molecule has 3 atom stereocenters. The van der Waals surface area contributed by atoms with E-state index in [-0.39, 0.29) is 6.42 Å². The normalized spacial score (nSPS) is 26.2. The van der Waals surface area contributed by atoms with Gasteiger partial charge in [0.2, 0.25) is 0 Å². The zero-order valence-electron chi connectivity index (χ0n) is 10.5. The first kappa shape index (κ1) is 16.0. The van der Waals surface area contributed by atoms with E-state index in [4.69, 9.17) is 20.3 Å². The fraction of sp³-hybridized carbons (Fsp3) is 0.556. The summed E-state index contributed by atoms with van der Waals surface area (Å²) in [7, 11) is -4.71. The molecule has 0 bridgehead atoms. The molecule has 0 unspecified atom stereocenters. The Balaban J connectivity index is 2.12. The highest BCUT2D eigenvalue weighted by Gasteiger charge is 2.37. The third kappa shape index (κ3) is 3.84. The van der Waals surface area contributed by atoms with Gasteiger partial charge in [-0.1, -0.05) is 0 Å². The van der Waals surface area contributed by atoms with E-state index in [0.717, 1.165) is 10.8 Å². The van der Waals surface area contributed by atoms with Gasteiger partial charge < -0.3 is 25.4 Å². The largest absolute Gasteiger partial charge is 0.469 e. The van der Waals surface area contributed by atoms with Crippen LogP contribution in [0.4, 0.5) is 10.2 Å². The smallest absolute Gasteiger partial charge is 0.390 e. The minimum absolute atomic E-state index is 0.0971. The van der Waals surface area contributed by atoms with Crippen LogP contribution in [0.25, 0.3) is 0 Å². The van der Waals surface area contributed by atoms with E-state index in [2.05, 4.69) is 9.51 Å². The Kier molecular flexibility index (Phi) is 4.42. The van der Waals surface area contributed by atoms with Crippen LogP contribution >= 0.6 is 7.82 Å². The van der Waals surface area contributed by atoms with Crippen LogP contribution in [0.2, 0.25) is 0 Å². The van der Waals surface area contributed by atoms with Crippen molar-refractivity contribution >= 4 is 13.6 Å². The van der Waals surface area contributed by atoms with Crippen LogP contribution < -0.4 is 11.4 Å². The summed E-state index contributed by atoms with van der Waals surface area (Å²) >= 11 is 0. The lowest BCUT2D eigenvalue weighted by Gasteiger charge is -2.16. The molecule has 0 aliphatic carbocycles. The molecule has 1 fully saturated rings. The first-order chi connectivity index (χ1) is 9.67. The number of hydrogen-bond donors (Lipinski definition) is 4. The molecule has 12 heteroatoms. The Morgan fingerprint density at radius 2 is 2.29 bits per heavy atom. The second-order valence-corrected chi connectivity index (χ2v) is 5.62. The van der Waals surface area contributed by atoms with Crippen LogP contribution in [0.1, 0.15) is 12.6 Å². The van der Waals surface area contributed by atoms with Crippen molar-refractivity contribution in [2.45, 2.75) is 24.9 Å². The maximum absolute atomic E-state index is 13.3. The Morgan fingerprint density at radius 3 is 2.90 bits per heavy atom. The highest BCUT2D eigenvalue weighted by Crippen LogP contribution is 2.38. The van der Waals surface area contributed by atoms with Crippen molar-refractivity contribution in [3.8, 4) is 0 Å². The minimum Gasteiger partial charge on any atom is -0.390 e. The van der Waals surface area contributed by atoms with Gasteiger partial charge in [0.25, 0.3) is 0 Å². The van der Waals surface area contributed by atoms with E-state index >= 15 is 0 Å². The third-order valence-electron chi connectivity index (χ3n) is 2.86. The van der Waals surface area contributed by atoms with E-state index < -0.39 is 50.2 Å². The molecule has 0 aromatic carbocycles. The lowest BCUT2D eigenvalue weighted by atomic mass is 10.2. The number of hydrogen-bond acceptors (Lipinski definition) is 7. The van der Waals surface area contributed by atoms with Gasteiger partial charge in [-0.05, 0) is 0 Å². The summed E-state index contributed by atoms with van der Waals surface area (Å²) in [6, 6.07) is 0. The summed E-state index contributed by atoms with van der Waals surface area (Å²) in [5, 5.41) is 9.72. The maximum Gasteiger partial charge on any atom is 0.469 e. The van der Waals surface area contributed by atoms with Crippen LogP contribution in [-0.4, -0.2) is 43.3 Å². The highest BCUT2D eigenvalue weighted by molar-refractivity contribution is 7.46. The van der Waals surface area contributed by atoms with Crippen molar-refractivity contribution in [2.24, 2.45) is 0 Å². The summed E-state index contributed by atoms with van der Waals surface area (Å²) in [6.07, 6.45) is -2.57. The van der Waals surface area contributed by atoms with Crippen molar-refractivity contribution in [2.75, 3.05) is 12.3 Å². The number of aromatic nitrogens is 2. The van der Waals surface area contributed by atoms with Crippen molar-refractivity contribution < 1.29 is 33.1 Å². The predicted octanol–water partition coefficient (Wildman–Crippen LogP) is -1.28. The van der Waals surface area contributed by atoms with Crippen molar-refractivity contribution in [1.82, 2.24) is 9.55 Å². The topological polar surface area (TPSA) is 157 Å². The van der Waals surface area contributed by atoms with Gasteiger partial charge in [-0.3, -0.25) is 9.09 Å². The van der Waals surface area contributed by atoms with Gasteiger partial charge in [0, 0.05) is 6.42 Å².